The highest BCUT2D eigenvalue weighted by molar-refractivity contribution is 6.32. The fourth-order valence-electron chi connectivity index (χ4n) is 16.1. The largest absolute Gasteiger partial charge is 0.371 e. The Balaban J connectivity index is 0.000000118. The molecule has 20 heteroatoms. The van der Waals surface area contributed by atoms with Gasteiger partial charge in [-0.1, -0.05) is 75.2 Å². The van der Waals surface area contributed by atoms with E-state index in [-0.39, 0.29) is 5.82 Å². The average molecular weight is 1360 g/mol. The summed E-state index contributed by atoms with van der Waals surface area (Å²) < 4.78 is 26.4. The number of benzene rings is 6. The van der Waals surface area contributed by atoms with Crippen LogP contribution in [-0.4, -0.2) is 143 Å². The Morgan fingerprint density at radius 2 is 1.07 bits per heavy atom. The van der Waals surface area contributed by atoms with Crippen molar-refractivity contribution < 1.29 is 4.39 Å². The molecule has 0 unspecified atom stereocenters. The average Bonchev–Trinajstić information content (AvgIpc) is 1.62. The minimum absolute atomic E-state index is 0.218. The van der Waals surface area contributed by atoms with Crippen molar-refractivity contribution in [1.29, 1.82) is 10.5 Å². The van der Waals surface area contributed by atoms with Gasteiger partial charge in [-0.05, 0) is 201 Å². The summed E-state index contributed by atoms with van der Waals surface area (Å²) in [5.74, 6) is 5.06. The molecular weight excluding hydrogens is 1280 g/mol. The monoisotopic (exact) mass is 1360 g/mol. The van der Waals surface area contributed by atoms with E-state index in [1.807, 2.05) is 73.1 Å². The van der Waals surface area contributed by atoms with E-state index >= 15 is 0 Å². The van der Waals surface area contributed by atoms with Crippen LogP contribution in [0.4, 0.5) is 21.5 Å². The molecule has 0 amide bonds. The van der Waals surface area contributed by atoms with Gasteiger partial charge in [0.05, 0.1) is 64.0 Å². The van der Waals surface area contributed by atoms with Gasteiger partial charge in [-0.15, -0.1) is 20.4 Å². The van der Waals surface area contributed by atoms with Gasteiger partial charge >= 0.3 is 0 Å². The van der Waals surface area contributed by atoms with Crippen molar-refractivity contribution in [3.63, 3.8) is 0 Å². The van der Waals surface area contributed by atoms with Crippen LogP contribution in [0.3, 0.4) is 0 Å². The first-order chi connectivity index (χ1) is 49.1. The van der Waals surface area contributed by atoms with E-state index in [0.717, 1.165) is 144 Å². The molecule has 0 N–H and O–H groups in total. The van der Waals surface area contributed by atoms with Gasteiger partial charge in [0, 0.05) is 123 Å². The molecule has 508 valence electrons. The molecule has 18 nitrogen and oxygen atoms in total. The molecule has 5 atom stereocenters. The molecule has 3 saturated heterocycles. The van der Waals surface area contributed by atoms with E-state index in [9.17, 15) is 4.39 Å². The maximum Gasteiger partial charge on any atom is 0.185 e. The van der Waals surface area contributed by atoms with Gasteiger partial charge in [0.1, 0.15) is 23.6 Å². The van der Waals surface area contributed by atoms with Gasteiger partial charge in [-0.3, -0.25) is 13.7 Å². The number of halogens is 2. The summed E-state index contributed by atoms with van der Waals surface area (Å²) in [5.41, 5.74) is 21.5. The topological polar surface area (TPSA) is 158 Å². The molecule has 101 heavy (non-hydrogen) atoms. The second kappa shape index (κ2) is 26.7. The SMILES string of the molecule is CC[C@@H]1CCN(c2ccc3c(c2)Cn2cc(-c4ccc(C#N)cc4)cc2-c2nncn2-3)C1.C[C@@H]1CN(c2ccc3c(c2)Cn2cc(-c4ccc(F)cc4)cc2-c2nccn2-3)C[C@H]1N(C)C.C[C@H]1CN(c2ccc3c(c2)Cn2c(cc(-c4ccc(C#N)cc4)c2Cl)-c2nncn2-3)C[C@H]1CN(C)C. The molecule has 0 radical (unpaired) electrons. The Kier molecular flexibility index (Phi) is 17.1. The van der Waals surface area contributed by atoms with Gasteiger partial charge in [-0.2, -0.15) is 10.5 Å². The Bertz CT molecular complexity index is 5150. The lowest BCUT2D eigenvalue weighted by atomic mass is 9.98. The first-order valence-electron chi connectivity index (χ1n) is 35.0. The van der Waals surface area contributed by atoms with Crippen LogP contribution in [0.15, 0.2) is 183 Å². The zero-order valence-corrected chi connectivity index (χ0v) is 58.8. The number of anilines is 3. The lowest BCUT2D eigenvalue weighted by molar-refractivity contribution is 0.266. The van der Waals surface area contributed by atoms with Gasteiger partial charge in [-0.25, -0.2) is 9.37 Å². The minimum Gasteiger partial charge on any atom is -0.371 e. The molecule has 0 aliphatic carbocycles. The second-order valence-electron chi connectivity index (χ2n) is 28.6. The van der Waals surface area contributed by atoms with Crippen LogP contribution in [0, 0.1) is 52.2 Å². The summed E-state index contributed by atoms with van der Waals surface area (Å²) in [6.07, 6.45) is 14.3. The molecule has 0 bridgehead atoms. The van der Waals surface area contributed by atoms with Gasteiger partial charge in [0.2, 0.25) is 0 Å². The maximum atomic E-state index is 13.4. The van der Waals surface area contributed by atoms with E-state index in [4.69, 9.17) is 22.1 Å². The van der Waals surface area contributed by atoms with Crippen molar-refractivity contribution in [2.75, 3.05) is 88.7 Å². The molecule has 12 aromatic rings. The van der Waals surface area contributed by atoms with Crippen LogP contribution >= 0.6 is 11.6 Å². The summed E-state index contributed by atoms with van der Waals surface area (Å²) in [4.78, 5) is 16.9. The molecule has 6 aromatic carbocycles. The first-order valence-corrected chi connectivity index (χ1v) is 35.4. The summed E-state index contributed by atoms with van der Waals surface area (Å²) in [5, 5.41) is 36.3. The number of fused-ring (bicyclic) bond motifs is 15. The Morgan fingerprint density at radius 3 is 1.62 bits per heavy atom. The molecule has 3 fully saturated rings. The molecule has 12 heterocycles. The third kappa shape index (κ3) is 12.3. The van der Waals surface area contributed by atoms with E-state index in [1.165, 1.54) is 64.4 Å². The number of hydrogen-bond acceptors (Lipinski definition) is 12. The van der Waals surface area contributed by atoms with Crippen molar-refractivity contribution in [2.45, 2.75) is 59.3 Å². The van der Waals surface area contributed by atoms with Crippen LogP contribution in [0.25, 0.3) is 85.0 Å². The van der Waals surface area contributed by atoms with Crippen LogP contribution in [0.2, 0.25) is 5.15 Å². The number of likely N-dealkylation sites (N-methyl/N-ethyl adjacent to an activating group) is 1. The number of hydrogen-bond donors (Lipinski definition) is 0. The van der Waals surface area contributed by atoms with Crippen molar-refractivity contribution in [3.05, 3.63) is 222 Å². The van der Waals surface area contributed by atoms with Gasteiger partial charge in [0.25, 0.3) is 0 Å². The first kappa shape index (κ1) is 64.8. The number of nitriles is 2. The lowest BCUT2D eigenvalue weighted by Gasteiger charge is -2.23. The molecular formula is C81H80ClFN18. The Labute approximate surface area is 593 Å². The smallest absolute Gasteiger partial charge is 0.185 e. The predicted octanol–water partition coefficient (Wildman–Crippen LogP) is 14.7. The summed E-state index contributed by atoms with van der Waals surface area (Å²) in [6, 6.07) is 53.6. The molecule has 6 aromatic heterocycles. The highest BCUT2D eigenvalue weighted by atomic mass is 35.5. The second-order valence-corrected chi connectivity index (χ2v) is 29.0. The number of rotatable bonds is 10. The molecule has 18 rings (SSSR count). The van der Waals surface area contributed by atoms with Crippen LogP contribution in [-0.2, 0) is 19.6 Å². The molecule has 6 aliphatic heterocycles. The zero-order valence-electron chi connectivity index (χ0n) is 58.0. The fraction of sp³-hybridized carbons (Fsp3) is 0.296. The molecule has 0 spiro atoms. The third-order valence-corrected chi connectivity index (χ3v) is 22.0. The summed E-state index contributed by atoms with van der Waals surface area (Å²) >= 11 is 7.00. The molecule has 0 saturated carbocycles. The maximum absolute atomic E-state index is 13.4. The molecule has 6 aliphatic rings. The van der Waals surface area contributed by atoms with E-state index in [2.05, 4.69) is 224 Å². The van der Waals surface area contributed by atoms with E-state index in [0.29, 0.717) is 46.6 Å². The lowest BCUT2D eigenvalue weighted by Crippen LogP contribution is -2.34. The van der Waals surface area contributed by atoms with E-state index < -0.39 is 0 Å². The van der Waals surface area contributed by atoms with Gasteiger partial charge in [0.15, 0.2) is 17.5 Å². The normalized spacial score (nSPS) is 18.2. The predicted molar refractivity (Wildman–Crippen MR) is 397 cm³/mol. The van der Waals surface area contributed by atoms with Crippen molar-refractivity contribution >= 4 is 28.7 Å². The van der Waals surface area contributed by atoms with Crippen molar-refractivity contribution in [3.8, 4) is 97.1 Å². The fourth-order valence-corrected chi connectivity index (χ4v) is 16.4. The minimum atomic E-state index is -0.218. The number of nitrogens with zero attached hydrogens (tertiary/aromatic N) is 18. The zero-order chi connectivity index (χ0) is 69.3. The van der Waals surface area contributed by atoms with Crippen LogP contribution < -0.4 is 14.7 Å². The highest BCUT2D eigenvalue weighted by Gasteiger charge is 2.35. The van der Waals surface area contributed by atoms with Gasteiger partial charge < -0.3 is 38.2 Å². The quantitative estimate of drug-likeness (QED) is 0.128. The Hall–Kier alpha value is -10.8. The number of aromatic nitrogens is 11. The van der Waals surface area contributed by atoms with Crippen molar-refractivity contribution in [2.24, 2.45) is 23.7 Å². The summed E-state index contributed by atoms with van der Waals surface area (Å²) in [7, 11) is 8.65. The van der Waals surface area contributed by atoms with Crippen LogP contribution in [0.1, 0.15) is 61.4 Å². The van der Waals surface area contributed by atoms with Crippen LogP contribution in [0.5, 0.6) is 0 Å². The highest BCUT2D eigenvalue weighted by Crippen LogP contribution is 2.43. The summed E-state index contributed by atoms with van der Waals surface area (Å²) in [6.45, 7) is 16.8. The number of imidazole rings is 1. The van der Waals surface area contributed by atoms with E-state index in [1.54, 1.807) is 12.7 Å². The van der Waals surface area contributed by atoms with Crippen molar-refractivity contribution in [1.82, 2.24) is 62.6 Å². The standard InChI is InChI=1S/C28H28ClN7.C27H28FN5.C26H24N6/c1-18-13-34(15-22(18)14-33(2)3)23-8-9-25-21(10-23)16-35-26(28-32-31-17-36(25)28)11-24(27(35)29)20-6-4-19(12-30)5-7-20;1-18-14-31(17-26(18)30(2)3)23-8-9-24-21(12-23)16-32-15-20(19-4-6-22(28)7-5-19)13-25(32)27-29-10-11-33(24)27;1-2-18-9-10-30(14-18)23-7-8-24-22(11-23)16-31-15-21(20-5-3-19(13-27)4-6-20)12-25(31)26-29-28-17-32(24)26/h4-11,17-18,22H,13-16H2,1-3H3;4-13,15,18,26H,14,16-17H2,1-3H3;3-8,11-12,15,17-18H,2,9-10,14,16H2,1H3/t18-,22+;18-,26-;18-/m011/s1. The third-order valence-electron chi connectivity index (χ3n) is 21.6. The Morgan fingerprint density at radius 1 is 0.545 bits per heavy atom.